The van der Waals surface area contributed by atoms with Crippen LogP contribution in [0.3, 0.4) is 0 Å². The van der Waals surface area contributed by atoms with Crippen molar-refractivity contribution in [1.29, 1.82) is 0 Å². The lowest BCUT2D eigenvalue weighted by Gasteiger charge is -2.04. The van der Waals surface area contributed by atoms with E-state index in [2.05, 4.69) is 0 Å². The summed E-state index contributed by atoms with van der Waals surface area (Å²) in [7, 11) is -1.86. The van der Waals surface area contributed by atoms with Crippen molar-refractivity contribution in [3.63, 3.8) is 0 Å². The molecule has 0 saturated carbocycles. The lowest BCUT2D eigenvalue weighted by Crippen LogP contribution is -2.07. The quantitative estimate of drug-likeness (QED) is 0.577. The molecular weight excluding hydrogens is 127 g/mol. The molecule has 0 aromatic heterocycles. The SMILES string of the molecule is CC(CO)O[PH](C)=O. The van der Waals surface area contributed by atoms with Gasteiger partial charge >= 0.3 is 0 Å². The van der Waals surface area contributed by atoms with E-state index in [4.69, 9.17) is 9.63 Å². The molecule has 0 saturated heterocycles. The maximum absolute atomic E-state index is 10.3. The van der Waals surface area contributed by atoms with Crippen LogP contribution in [0.15, 0.2) is 0 Å². The molecule has 0 aromatic carbocycles. The summed E-state index contributed by atoms with van der Waals surface area (Å²) in [4.78, 5) is 0. The maximum Gasteiger partial charge on any atom is 0.188 e. The van der Waals surface area contributed by atoms with Crippen molar-refractivity contribution in [2.75, 3.05) is 13.3 Å². The molecule has 2 unspecified atom stereocenters. The topological polar surface area (TPSA) is 46.5 Å². The first-order valence-electron chi connectivity index (χ1n) is 2.45. The molecule has 0 heterocycles. The van der Waals surface area contributed by atoms with Gasteiger partial charge in [-0.3, -0.25) is 4.57 Å². The van der Waals surface area contributed by atoms with Crippen molar-refractivity contribution in [1.82, 2.24) is 0 Å². The van der Waals surface area contributed by atoms with Crippen molar-refractivity contribution in [3.05, 3.63) is 0 Å². The summed E-state index contributed by atoms with van der Waals surface area (Å²) < 4.78 is 15.0. The molecule has 0 aromatic rings. The molecule has 4 heteroatoms. The largest absolute Gasteiger partial charge is 0.394 e. The Kier molecular flexibility index (Phi) is 4.15. The second-order valence-corrected chi connectivity index (χ2v) is 2.82. The smallest absolute Gasteiger partial charge is 0.188 e. The summed E-state index contributed by atoms with van der Waals surface area (Å²) in [6, 6.07) is 0. The van der Waals surface area contributed by atoms with Crippen LogP contribution >= 0.6 is 8.03 Å². The van der Waals surface area contributed by atoms with Crippen molar-refractivity contribution in [2.24, 2.45) is 0 Å². The van der Waals surface area contributed by atoms with Gasteiger partial charge in [0.05, 0.1) is 12.7 Å². The first-order valence-corrected chi connectivity index (χ1v) is 4.26. The summed E-state index contributed by atoms with van der Waals surface area (Å²) >= 11 is 0. The van der Waals surface area contributed by atoms with E-state index in [1.807, 2.05) is 0 Å². The van der Waals surface area contributed by atoms with Gasteiger partial charge in [-0.05, 0) is 6.92 Å². The molecule has 0 amide bonds. The highest BCUT2D eigenvalue weighted by Gasteiger charge is 1.99. The van der Waals surface area contributed by atoms with E-state index in [1.54, 1.807) is 6.92 Å². The average molecular weight is 138 g/mol. The third-order valence-electron chi connectivity index (χ3n) is 0.624. The summed E-state index contributed by atoms with van der Waals surface area (Å²) in [5.41, 5.74) is 0. The molecule has 50 valence electrons. The fraction of sp³-hybridized carbons (Fsp3) is 1.00. The Bertz CT molecular complexity index is 83.4. The summed E-state index contributed by atoms with van der Waals surface area (Å²) in [6.07, 6.45) is -0.286. The predicted molar refractivity (Wildman–Crippen MR) is 32.6 cm³/mol. The van der Waals surface area contributed by atoms with Crippen molar-refractivity contribution in [2.45, 2.75) is 13.0 Å². The molecule has 0 aliphatic rings. The Morgan fingerprint density at radius 2 is 2.38 bits per heavy atom. The summed E-state index contributed by atoms with van der Waals surface area (Å²) in [6.45, 7) is 3.10. The average Bonchev–Trinajstić information content (AvgIpc) is 1.65. The molecule has 0 fully saturated rings. The molecule has 0 aliphatic carbocycles. The second kappa shape index (κ2) is 4.07. The molecule has 0 rings (SSSR count). The molecular formula is C4H11O3P. The van der Waals surface area contributed by atoms with Crippen LogP contribution in [-0.2, 0) is 9.09 Å². The monoisotopic (exact) mass is 138 g/mol. The first kappa shape index (κ1) is 8.15. The number of hydrogen-bond donors (Lipinski definition) is 1. The van der Waals surface area contributed by atoms with Crippen LogP contribution in [0.25, 0.3) is 0 Å². The van der Waals surface area contributed by atoms with Crippen LogP contribution in [0.1, 0.15) is 6.92 Å². The number of rotatable bonds is 3. The van der Waals surface area contributed by atoms with Gasteiger partial charge in [0.2, 0.25) is 0 Å². The van der Waals surface area contributed by atoms with Gasteiger partial charge < -0.3 is 9.63 Å². The van der Waals surface area contributed by atoms with E-state index in [-0.39, 0.29) is 12.7 Å². The fourth-order valence-electron chi connectivity index (χ4n) is 0.321. The number of hydrogen-bond acceptors (Lipinski definition) is 3. The number of aliphatic hydroxyl groups is 1. The number of aliphatic hydroxyl groups excluding tert-OH is 1. The van der Waals surface area contributed by atoms with Gasteiger partial charge in [0.1, 0.15) is 0 Å². The summed E-state index contributed by atoms with van der Waals surface area (Å²) in [5.74, 6) is 0. The third kappa shape index (κ3) is 4.31. The predicted octanol–water partition coefficient (Wildman–Crippen LogP) is 0.488. The van der Waals surface area contributed by atoms with Crippen LogP contribution in [0.5, 0.6) is 0 Å². The molecule has 3 nitrogen and oxygen atoms in total. The van der Waals surface area contributed by atoms with Gasteiger partial charge in [-0.1, -0.05) is 0 Å². The molecule has 0 radical (unpaired) electrons. The van der Waals surface area contributed by atoms with Gasteiger partial charge in [0.15, 0.2) is 8.03 Å². The molecule has 0 bridgehead atoms. The molecule has 0 aliphatic heterocycles. The van der Waals surface area contributed by atoms with Crippen molar-refractivity contribution < 1.29 is 14.2 Å². The van der Waals surface area contributed by atoms with Crippen LogP contribution in [0, 0.1) is 0 Å². The van der Waals surface area contributed by atoms with Gasteiger partial charge in [0.25, 0.3) is 0 Å². The van der Waals surface area contributed by atoms with Gasteiger partial charge in [-0.2, -0.15) is 0 Å². The van der Waals surface area contributed by atoms with Crippen LogP contribution < -0.4 is 0 Å². The van der Waals surface area contributed by atoms with Crippen molar-refractivity contribution in [3.8, 4) is 0 Å². The highest BCUT2D eigenvalue weighted by atomic mass is 31.1. The van der Waals surface area contributed by atoms with Gasteiger partial charge in [-0.25, -0.2) is 0 Å². The first-order chi connectivity index (χ1) is 3.66. The third-order valence-corrected chi connectivity index (χ3v) is 1.36. The normalized spacial score (nSPS) is 17.9. The van der Waals surface area contributed by atoms with E-state index >= 15 is 0 Å². The second-order valence-electron chi connectivity index (χ2n) is 1.60. The van der Waals surface area contributed by atoms with E-state index in [0.717, 1.165) is 0 Å². The minimum atomic E-state index is -1.86. The van der Waals surface area contributed by atoms with E-state index in [0.29, 0.717) is 0 Å². The fourth-order valence-corrected chi connectivity index (χ4v) is 0.962. The Morgan fingerprint density at radius 1 is 1.88 bits per heavy atom. The Morgan fingerprint density at radius 3 is 2.50 bits per heavy atom. The highest BCUT2D eigenvalue weighted by Crippen LogP contribution is 2.17. The lowest BCUT2D eigenvalue weighted by atomic mass is 10.5. The zero-order chi connectivity index (χ0) is 6.57. The van der Waals surface area contributed by atoms with Crippen LogP contribution in [0.2, 0.25) is 0 Å². The summed E-state index contributed by atoms with van der Waals surface area (Å²) in [5, 5.41) is 8.34. The minimum absolute atomic E-state index is 0.0652. The molecule has 0 spiro atoms. The maximum atomic E-state index is 10.3. The zero-order valence-electron chi connectivity index (χ0n) is 5.05. The van der Waals surface area contributed by atoms with Crippen molar-refractivity contribution >= 4 is 8.03 Å². The molecule has 8 heavy (non-hydrogen) atoms. The van der Waals surface area contributed by atoms with Gasteiger partial charge in [0, 0.05) is 6.66 Å². The van der Waals surface area contributed by atoms with Crippen LogP contribution in [-0.4, -0.2) is 24.5 Å². The minimum Gasteiger partial charge on any atom is -0.394 e. The lowest BCUT2D eigenvalue weighted by molar-refractivity contribution is 0.138. The standard InChI is InChI=1S/C4H11O3P/c1-4(3-5)7-8(2)6/h4-5,8H,3H2,1-2H3. The van der Waals surface area contributed by atoms with Crippen LogP contribution in [0.4, 0.5) is 0 Å². The Balaban J connectivity index is 3.24. The Labute approximate surface area is 49.5 Å². The molecule has 2 atom stereocenters. The van der Waals surface area contributed by atoms with E-state index in [1.165, 1.54) is 6.66 Å². The molecule has 1 N–H and O–H groups in total. The van der Waals surface area contributed by atoms with Gasteiger partial charge in [-0.15, -0.1) is 0 Å². The van der Waals surface area contributed by atoms with E-state index < -0.39 is 8.03 Å². The van der Waals surface area contributed by atoms with E-state index in [9.17, 15) is 4.57 Å². The zero-order valence-corrected chi connectivity index (χ0v) is 6.05. The highest BCUT2D eigenvalue weighted by molar-refractivity contribution is 7.38. The Hall–Kier alpha value is 0.150.